The molecule has 4 rings (SSSR count). The lowest BCUT2D eigenvalue weighted by Gasteiger charge is -2.33. The van der Waals surface area contributed by atoms with Crippen LogP contribution in [0.2, 0.25) is 0 Å². The first kappa shape index (κ1) is 26.0. The molecule has 0 bridgehead atoms. The Morgan fingerprint density at radius 3 is 2.34 bits per heavy atom. The molecule has 1 fully saturated rings. The van der Waals surface area contributed by atoms with Crippen LogP contribution in [-0.4, -0.2) is 36.7 Å². The number of nitrogens with one attached hydrogen (secondary N) is 2. The van der Waals surface area contributed by atoms with E-state index in [0.29, 0.717) is 23.5 Å². The van der Waals surface area contributed by atoms with Crippen molar-refractivity contribution in [3.63, 3.8) is 0 Å². The summed E-state index contributed by atoms with van der Waals surface area (Å²) in [5, 5.41) is 5.41. The minimum Gasteiger partial charge on any atom is -0.449 e. The third-order valence-corrected chi connectivity index (χ3v) is 5.94. The summed E-state index contributed by atoms with van der Waals surface area (Å²) in [5.41, 5.74) is 2.61. The van der Waals surface area contributed by atoms with Gasteiger partial charge in [0.1, 0.15) is 5.82 Å². The number of hydrogen-bond donors (Lipinski definition) is 2. The number of ether oxygens (including phenoxy) is 1. The van der Waals surface area contributed by atoms with Crippen LogP contribution in [0.15, 0.2) is 67.0 Å². The molecule has 2 aromatic carbocycles. The average Bonchev–Trinajstić information content (AvgIpc) is 2.86. The van der Waals surface area contributed by atoms with Crippen LogP contribution < -0.4 is 15.5 Å². The zero-order valence-corrected chi connectivity index (χ0v) is 20.2. The van der Waals surface area contributed by atoms with Gasteiger partial charge in [-0.1, -0.05) is 18.2 Å². The van der Waals surface area contributed by atoms with Crippen molar-refractivity contribution in [1.29, 1.82) is 0 Å². The lowest BCUT2D eigenvalue weighted by Crippen LogP contribution is -2.35. The highest BCUT2D eigenvalue weighted by molar-refractivity contribution is 6.06. The van der Waals surface area contributed by atoms with E-state index in [4.69, 9.17) is 4.74 Å². The molecule has 9 heteroatoms. The molecule has 0 aliphatic carbocycles. The number of rotatable bonds is 6. The van der Waals surface area contributed by atoms with E-state index in [-0.39, 0.29) is 23.9 Å². The van der Waals surface area contributed by atoms with Crippen molar-refractivity contribution >= 4 is 41.5 Å². The van der Waals surface area contributed by atoms with Crippen molar-refractivity contribution in [1.82, 2.24) is 4.98 Å². The molecule has 0 unspecified atom stereocenters. The van der Waals surface area contributed by atoms with Crippen LogP contribution in [0, 0.1) is 18.7 Å². The van der Waals surface area contributed by atoms with E-state index in [9.17, 15) is 14.0 Å². The van der Waals surface area contributed by atoms with Crippen molar-refractivity contribution in [2.45, 2.75) is 19.8 Å². The second-order valence-corrected chi connectivity index (χ2v) is 8.32. The van der Waals surface area contributed by atoms with Crippen LogP contribution in [-0.2, 0) is 4.74 Å². The molecule has 2 amide bonds. The largest absolute Gasteiger partial charge is 0.449 e. The summed E-state index contributed by atoms with van der Waals surface area (Å²) in [7, 11) is 0. The molecule has 0 atom stereocenters. The fourth-order valence-electron chi connectivity index (χ4n) is 3.88. The van der Waals surface area contributed by atoms with Gasteiger partial charge in [-0.05, 0) is 67.6 Å². The number of anilines is 3. The number of amides is 2. The van der Waals surface area contributed by atoms with Gasteiger partial charge < -0.3 is 15.0 Å². The Morgan fingerprint density at radius 1 is 1.03 bits per heavy atom. The molecule has 1 aliphatic heterocycles. The summed E-state index contributed by atoms with van der Waals surface area (Å²) in [4.78, 5) is 31.3. The van der Waals surface area contributed by atoms with Crippen LogP contribution in [0.3, 0.4) is 0 Å². The summed E-state index contributed by atoms with van der Waals surface area (Å²) in [6.45, 7) is 3.75. The Kier molecular flexibility index (Phi) is 9.03. The molecular formula is C26H28ClFN4O3. The van der Waals surface area contributed by atoms with Gasteiger partial charge in [0.2, 0.25) is 0 Å². The number of para-hydroxylation sites is 2. The molecule has 1 aliphatic rings. The maximum Gasteiger partial charge on any atom is 0.411 e. The minimum absolute atomic E-state index is 0. The molecule has 184 valence electrons. The summed E-state index contributed by atoms with van der Waals surface area (Å²) in [6, 6.07) is 15.1. The topological polar surface area (TPSA) is 83.6 Å². The predicted molar refractivity (Wildman–Crippen MR) is 137 cm³/mol. The highest BCUT2D eigenvalue weighted by Crippen LogP contribution is 2.25. The second kappa shape index (κ2) is 12.2. The number of aryl methyl sites for hydroxylation is 1. The summed E-state index contributed by atoms with van der Waals surface area (Å²) in [5.74, 6) is -0.632. The number of halogens is 2. The molecule has 0 spiro atoms. The monoisotopic (exact) mass is 498 g/mol. The Morgan fingerprint density at radius 2 is 1.69 bits per heavy atom. The Labute approximate surface area is 210 Å². The van der Waals surface area contributed by atoms with Crippen molar-refractivity contribution in [3.05, 3.63) is 83.9 Å². The zero-order valence-electron chi connectivity index (χ0n) is 19.4. The lowest BCUT2D eigenvalue weighted by molar-refractivity contribution is 0.102. The van der Waals surface area contributed by atoms with Crippen LogP contribution in [0.25, 0.3) is 0 Å². The van der Waals surface area contributed by atoms with E-state index in [2.05, 4.69) is 20.5 Å². The SMILES string of the molecule is Cc1ccc(C(=O)Nc2ccccc2NC(=O)OCC2CCN(c3ccncc3)CC2)cc1F.Cl. The van der Waals surface area contributed by atoms with Crippen LogP contribution >= 0.6 is 12.4 Å². The first-order valence-corrected chi connectivity index (χ1v) is 11.2. The highest BCUT2D eigenvalue weighted by Gasteiger charge is 2.21. The summed E-state index contributed by atoms with van der Waals surface area (Å²) in [6.07, 6.45) is 4.84. The van der Waals surface area contributed by atoms with Gasteiger partial charge in [0.25, 0.3) is 5.91 Å². The minimum atomic E-state index is -0.584. The number of carbonyl (C=O) groups is 2. The van der Waals surface area contributed by atoms with Gasteiger partial charge in [0.15, 0.2) is 0 Å². The maximum atomic E-state index is 13.8. The molecule has 35 heavy (non-hydrogen) atoms. The van der Waals surface area contributed by atoms with Gasteiger partial charge in [-0.3, -0.25) is 15.1 Å². The quantitative estimate of drug-likeness (QED) is 0.457. The van der Waals surface area contributed by atoms with Crippen molar-refractivity contribution in [2.24, 2.45) is 5.92 Å². The van der Waals surface area contributed by atoms with E-state index >= 15 is 0 Å². The Hall–Kier alpha value is -3.65. The fraction of sp³-hybridized carbons (Fsp3) is 0.269. The Balaban J connectivity index is 0.00000342. The molecule has 3 aromatic rings. The molecule has 2 heterocycles. The molecule has 2 N–H and O–H groups in total. The number of carbonyl (C=O) groups excluding carboxylic acids is 2. The van der Waals surface area contributed by atoms with Crippen LogP contribution in [0.5, 0.6) is 0 Å². The highest BCUT2D eigenvalue weighted by atomic mass is 35.5. The van der Waals surface area contributed by atoms with E-state index in [1.807, 2.05) is 12.1 Å². The molecule has 7 nitrogen and oxygen atoms in total. The van der Waals surface area contributed by atoms with Crippen LogP contribution in [0.1, 0.15) is 28.8 Å². The number of hydrogen-bond acceptors (Lipinski definition) is 5. The van der Waals surface area contributed by atoms with E-state index < -0.39 is 17.8 Å². The Bertz CT molecular complexity index is 1150. The molecule has 0 radical (unpaired) electrons. The fourth-order valence-corrected chi connectivity index (χ4v) is 3.88. The van der Waals surface area contributed by atoms with Gasteiger partial charge in [0.05, 0.1) is 18.0 Å². The number of nitrogens with zero attached hydrogens (tertiary/aromatic N) is 2. The standard InChI is InChI=1S/C26H27FN4O3.ClH/c1-18-6-7-20(16-22(18)27)25(32)29-23-4-2-3-5-24(23)30-26(33)34-17-19-10-14-31(15-11-19)21-8-12-28-13-9-21;/h2-9,12-13,16,19H,10-11,14-15,17H2,1H3,(H,29,32)(H,30,33);1H. The predicted octanol–water partition coefficient (Wildman–Crippen LogP) is 5.67. The summed E-state index contributed by atoms with van der Waals surface area (Å²) >= 11 is 0. The first-order chi connectivity index (χ1) is 16.5. The van der Waals surface area contributed by atoms with Gasteiger partial charge in [0, 0.05) is 36.7 Å². The molecule has 1 aromatic heterocycles. The van der Waals surface area contributed by atoms with Crippen molar-refractivity contribution < 1.29 is 18.7 Å². The lowest BCUT2D eigenvalue weighted by atomic mass is 9.97. The van der Waals surface area contributed by atoms with E-state index in [1.165, 1.54) is 6.07 Å². The number of benzene rings is 2. The van der Waals surface area contributed by atoms with Crippen LogP contribution in [0.4, 0.5) is 26.2 Å². The number of piperidine rings is 1. The van der Waals surface area contributed by atoms with Gasteiger partial charge in [-0.2, -0.15) is 0 Å². The third kappa shape index (κ3) is 6.93. The van der Waals surface area contributed by atoms with Gasteiger partial charge in [-0.25, -0.2) is 9.18 Å². The molecule has 0 saturated carbocycles. The van der Waals surface area contributed by atoms with Crippen molar-refractivity contribution in [3.8, 4) is 0 Å². The maximum absolute atomic E-state index is 13.8. The number of pyridine rings is 1. The molecule has 1 saturated heterocycles. The van der Waals surface area contributed by atoms with Crippen molar-refractivity contribution in [2.75, 3.05) is 35.2 Å². The molecular weight excluding hydrogens is 471 g/mol. The normalized spacial score (nSPS) is 13.5. The third-order valence-electron chi connectivity index (χ3n) is 5.94. The zero-order chi connectivity index (χ0) is 23.9. The van der Waals surface area contributed by atoms with Gasteiger partial charge in [-0.15, -0.1) is 12.4 Å². The first-order valence-electron chi connectivity index (χ1n) is 11.2. The summed E-state index contributed by atoms with van der Waals surface area (Å²) < 4.78 is 19.3. The van der Waals surface area contributed by atoms with E-state index in [1.54, 1.807) is 55.7 Å². The number of aromatic nitrogens is 1. The second-order valence-electron chi connectivity index (χ2n) is 8.32. The average molecular weight is 499 g/mol. The van der Waals surface area contributed by atoms with Gasteiger partial charge >= 0.3 is 6.09 Å². The van der Waals surface area contributed by atoms with E-state index in [0.717, 1.165) is 31.6 Å². The smallest absolute Gasteiger partial charge is 0.411 e.